The zero-order valence-corrected chi connectivity index (χ0v) is 21.8. The van der Waals surface area contributed by atoms with Crippen molar-refractivity contribution in [2.45, 2.75) is 113 Å². The Morgan fingerprint density at radius 3 is 0.724 bits per heavy atom. The van der Waals surface area contributed by atoms with Crippen molar-refractivity contribution in [1.82, 2.24) is 0 Å². The zero-order valence-electron chi connectivity index (χ0n) is 21.8. The van der Waals surface area contributed by atoms with Gasteiger partial charge in [-0.3, -0.25) is 0 Å². The third-order valence-corrected chi connectivity index (χ3v) is 4.48. The van der Waals surface area contributed by atoms with Crippen molar-refractivity contribution in [1.29, 1.82) is 0 Å². The van der Waals surface area contributed by atoms with E-state index in [4.69, 9.17) is 14.2 Å². The van der Waals surface area contributed by atoms with Crippen LogP contribution in [0.25, 0.3) is 0 Å². The van der Waals surface area contributed by atoms with Gasteiger partial charge in [0.15, 0.2) is 0 Å². The number of ether oxygens (including phenoxy) is 3. The van der Waals surface area contributed by atoms with Gasteiger partial charge in [0.2, 0.25) is 0 Å². The van der Waals surface area contributed by atoms with Crippen LogP contribution in [0.1, 0.15) is 114 Å². The fourth-order valence-corrected chi connectivity index (χ4v) is 3.59. The molecule has 0 aromatic heterocycles. The standard InChI is InChI=1S/C24H42O3.C2H6/c1-13-25-19-16(22(4,5)6)20(26-14-2)18(24(10,11)12)21(27-15-3)17(19)23(7,8)9;1-2/h13-15H2,1-12H3;1-2H3. The molecule has 0 atom stereocenters. The molecule has 29 heavy (non-hydrogen) atoms. The first-order valence-corrected chi connectivity index (χ1v) is 11.3. The van der Waals surface area contributed by atoms with Gasteiger partial charge in [-0.25, -0.2) is 0 Å². The first kappa shape index (κ1) is 27.6. The fraction of sp³-hybridized carbons (Fsp3) is 0.769. The van der Waals surface area contributed by atoms with Gasteiger partial charge in [-0.15, -0.1) is 0 Å². The Labute approximate surface area is 181 Å². The second-order valence-electron chi connectivity index (χ2n) is 10.2. The minimum absolute atomic E-state index is 0.125. The van der Waals surface area contributed by atoms with E-state index in [-0.39, 0.29) is 16.2 Å². The predicted octanol–water partition coefficient (Wildman–Crippen LogP) is 7.80. The zero-order chi connectivity index (χ0) is 23.2. The van der Waals surface area contributed by atoms with Gasteiger partial charge in [0, 0.05) is 16.7 Å². The molecule has 0 N–H and O–H groups in total. The van der Waals surface area contributed by atoms with Crippen LogP contribution in [0.3, 0.4) is 0 Å². The SMILES string of the molecule is CC.CCOc1c(C(C)(C)C)c(OCC)c(C(C)(C)C)c(OCC)c1C(C)(C)C. The minimum atomic E-state index is -0.125. The molecule has 0 aliphatic carbocycles. The lowest BCUT2D eigenvalue weighted by Gasteiger charge is -2.37. The Morgan fingerprint density at radius 1 is 0.448 bits per heavy atom. The largest absolute Gasteiger partial charge is 0.493 e. The van der Waals surface area contributed by atoms with Gasteiger partial charge in [-0.1, -0.05) is 76.2 Å². The molecular formula is C26H48O3. The van der Waals surface area contributed by atoms with Crippen LogP contribution in [0, 0.1) is 0 Å². The molecule has 0 aliphatic rings. The number of rotatable bonds is 6. The normalized spacial score (nSPS) is 12.2. The third-order valence-electron chi connectivity index (χ3n) is 4.48. The molecule has 1 aromatic carbocycles. The Morgan fingerprint density at radius 2 is 0.621 bits per heavy atom. The van der Waals surface area contributed by atoms with Crippen molar-refractivity contribution < 1.29 is 14.2 Å². The molecule has 0 saturated carbocycles. The molecule has 3 nitrogen and oxygen atoms in total. The molecule has 1 aromatic rings. The first-order chi connectivity index (χ1) is 13.2. The van der Waals surface area contributed by atoms with E-state index < -0.39 is 0 Å². The van der Waals surface area contributed by atoms with Gasteiger partial charge in [-0.2, -0.15) is 0 Å². The van der Waals surface area contributed by atoms with Crippen LogP contribution in [0.15, 0.2) is 0 Å². The number of benzene rings is 1. The van der Waals surface area contributed by atoms with Crippen LogP contribution in [-0.4, -0.2) is 19.8 Å². The van der Waals surface area contributed by atoms with Crippen molar-refractivity contribution in [3.8, 4) is 17.2 Å². The van der Waals surface area contributed by atoms with Crippen LogP contribution in [-0.2, 0) is 16.2 Å². The lowest BCUT2D eigenvalue weighted by molar-refractivity contribution is 0.271. The van der Waals surface area contributed by atoms with E-state index in [1.807, 2.05) is 34.6 Å². The summed E-state index contributed by atoms with van der Waals surface area (Å²) in [5.41, 5.74) is 3.05. The Hall–Kier alpha value is -1.38. The second kappa shape index (κ2) is 10.6. The molecule has 0 bridgehead atoms. The van der Waals surface area contributed by atoms with Crippen molar-refractivity contribution in [3.63, 3.8) is 0 Å². The van der Waals surface area contributed by atoms with Crippen LogP contribution >= 0.6 is 0 Å². The predicted molar refractivity (Wildman–Crippen MR) is 127 cm³/mol. The van der Waals surface area contributed by atoms with E-state index in [1.54, 1.807) is 0 Å². The Balaban J connectivity index is 0.00000379. The van der Waals surface area contributed by atoms with Gasteiger partial charge >= 0.3 is 0 Å². The highest BCUT2D eigenvalue weighted by Crippen LogP contribution is 2.55. The highest BCUT2D eigenvalue weighted by molar-refractivity contribution is 5.68. The Kier molecular flexibility index (Phi) is 10.1. The average Bonchev–Trinajstić information content (AvgIpc) is 2.53. The number of hydrogen-bond acceptors (Lipinski definition) is 3. The molecule has 3 heteroatoms. The smallest absolute Gasteiger partial charge is 0.134 e. The lowest BCUT2D eigenvalue weighted by Crippen LogP contribution is -2.27. The van der Waals surface area contributed by atoms with E-state index in [0.717, 1.165) is 33.9 Å². The maximum atomic E-state index is 6.30. The Bertz CT molecular complexity index is 526. The summed E-state index contributed by atoms with van der Waals surface area (Å²) in [6, 6.07) is 0. The van der Waals surface area contributed by atoms with E-state index in [0.29, 0.717) is 19.8 Å². The second-order valence-corrected chi connectivity index (χ2v) is 10.2. The molecule has 0 spiro atoms. The molecule has 0 unspecified atom stereocenters. The summed E-state index contributed by atoms with van der Waals surface area (Å²) >= 11 is 0. The van der Waals surface area contributed by atoms with Crippen LogP contribution in [0.4, 0.5) is 0 Å². The van der Waals surface area contributed by atoms with E-state index in [9.17, 15) is 0 Å². The van der Waals surface area contributed by atoms with Crippen LogP contribution in [0.2, 0.25) is 0 Å². The molecule has 0 fully saturated rings. The van der Waals surface area contributed by atoms with Crippen LogP contribution in [0.5, 0.6) is 17.2 Å². The number of hydrogen-bond donors (Lipinski definition) is 0. The monoisotopic (exact) mass is 408 g/mol. The quantitative estimate of drug-likeness (QED) is 0.480. The van der Waals surface area contributed by atoms with Gasteiger partial charge in [0.25, 0.3) is 0 Å². The highest BCUT2D eigenvalue weighted by Gasteiger charge is 2.39. The summed E-state index contributed by atoms with van der Waals surface area (Å²) in [5, 5.41) is 0. The first-order valence-electron chi connectivity index (χ1n) is 11.3. The third kappa shape index (κ3) is 6.55. The van der Waals surface area contributed by atoms with Gasteiger partial charge < -0.3 is 14.2 Å². The maximum absolute atomic E-state index is 6.30. The van der Waals surface area contributed by atoms with Crippen molar-refractivity contribution in [2.75, 3.05) is 19.8 Å². The molecule has 0 heterocycles. The fourth-order valence-electron chi connectivity index (χ4n) is 3.59. The molecule has 0 saturated heterocycles. The summed E-state index contributed by atoms with van der Waals surface area (Å²) in [6.45, 7) is 32.0. The molecule has 0 radical (unpaired) electrons. The van der Waals surface area contributed by atoms with Crippen molar-refractivity contribution >= 4 is 0 Å². The van der Waals surface area contributed by atoms with Crippen molar-refractivity contribution in [2.24, 2.45) is 0 Å². The van der Waals surface area contributed by atoms with E-state index in [2.05, 4.69) is 62.3 Å². The maximum Gasteiger partial charge on any atom is 0.134 e. The summed E-state index contributed by atoms with van der Waals surface area (Å²) in [4.78, 5) is 0. The molecular weight excluding hydrogens is 360 g/mol. The average molecular weight is 409 g/mol. The minimum Gasteiger partial charge on any atom is -0.493 e. The summed E-state index contributed by atoms with van der Waals surface area (Å²) in [6.07, 6.45) is 0. The van der Waals surface area contributed by atoms with E-state index >= 15 is 0 Å². The molecule has 170 valence electrons. The molecule has 0 aliphatic heterocycles. The van der Waals surface area contributed by atoms with Crippen LogP contribution < -0.4 is 14.2 Å². The molecule has 1 rings (SSSR count). The van der Waals surface area contributed by atoms with Gasteiger partial charge in [0.1, 0.15) is 17.2 Å². The lowest BCUT2D eigenvalue weighted by atomic mass is 9.73. The van der Waals surface area contributed by atoms with Crippen molar-refractivity contribution in [3.05, 3.63) is 16.7 Å². The topological polar surface area (TPSA) is 27.7 Å². The summed E-state index contributed by atoms with van der Waals surface area (Å²) < 4.78 is 18.9. The van der Waals surface area contributed by atoms with E-state index in [1.165, 1.54) is 0 Å². The molecule has 0 amide bonds. The summed E-state index contributed by atoms with van der Waals surface area (Å²) in [7, 11) is 0. The van der Waals surface area contributed by atoms with Gasteiger partial charge in [-0.05, 0) is 37.0 Å². The highest BCUT2D eigenvalue weighted by atomic mass is 16.5. The summed E-state index contributed by atoms with van der Waals surface area (Å²) in [5.74, 6) is 2.78. The van der Waals surface area contributed by atoms with Gasteiger partial charge in [0.05, 0.1) is 19.8 Å².